The van der Waals surface area contributed by atoms with Crippen LogP contribution in [0.5, 0.6) is 0 Å². The molecule has 1 fully saturated rings. The molecule has 0 spiro atoms. The number of carbonyl (C=O) groups is 1. The molecule has 3 heteroatoms. The van der Waals surface area contributed by atoms with Crippen molar-refractivity contribution < 1.29 is 4.79 Å². The third-order valence-electron chi connectivity index (χ3n) is 3.51. The number of amides is 1. The molecule has 1 atom stereocenters. The lowest BCUT2D eigenvalue weighted by Crippen LogP contribution is -2.41. The van der Waals surface area contributed by atoms with Gasteiger partial charge >= 0.3 is 0 Å². The van der Waals surface area contributed by atoms with E-state index in [0.717, 1.165) is 18.9 Å². The van der Waals surface area contributed by atoms with Gasteiger partial charge in [0, 0.05) is 12.6 Å². The van der Waals surface area contributed by atoms with E-state index in [4.69, 9.17) is 0 Å². The Hall–Kier alpha value is -0.570. The molecule has 0 aliphatic heterocycles. The predicted molar refractivity (Wildman–Crippen MR) is 67.3 cm³/mol. The predicted octanol–water partition coefficient (Wildman–Crippen LogP) is 2.07. The number of hydrogen-bond acceptors (Lipinski definition) is 2. The van der Waals surface area contributed by atoms with Crippen molar-refractivity contribution in [1.82, 2.24) is 10.6 Å². The molecule has 0 aromatic carbocycles. The molecule has 1 saturated carbocycles. The molecule has 94 valence electrons. The van der Waals surface area contributed by atoms with Gasteiger partial charge in [-0.1, -0.05) is 26.2 Å². The van der Waals surface area contributed by atoms with Crippen LogP contribution in [0.2, 0.25) is 0 Å². The zero-order chi connectivity index (χ0) is 11.8. The lowest BCUT2D eigenvalue weighted by atomic mass is 9.84. The zero-order valence-electron chi connectivity index (χ0n) is 10.7. The van der Waals surface area contributed by atoms with Crippen LogP contribution >= 0.6 is 0 Å². The van der Waals surface area contributed by atoms with Crippen LogP contribution in [0.4, 0.5) is 0 Å². The fourth-order valence-electron chi connectivity index (χ4n) is 2.38. The normalized spacial score (nSPS) is 19.4. The van der Waals surface area contributed by atoms with E-state index in [1.54, 1.807) is 0 Å². The average Bonchev–Trinajstić information content (AvgIpc) is 2.34. The van der Waals surface area contributed by atoms with Gasteiger partial charge in [-0.25, -0.2) is 0 Å². The Morgan fingerprint density at radius 3 is 2.62 bits per heavy atom. The molecule has 2 N–H and O–H groups in total. The molecule has 1 rings (SSSR count). The van der Waals surface area contributed by atoms with E-state index in [-0.39, 0.29) is 5.91 Å². The summed E-state index contributed by atoms with van der Waals surface area (Å²) in [6.45, 7) is 5.54. The summed E-state index contributed by atoms with van der Waals surface area (Å²) in [4.78, 5) is 11.4. The van der Waals surface area contributed by atoms with Gasteiger partial charge in [-0.15, -0.1) is 0 Å². The summed E-state index contributed by atoms with van der Waals surface area (Å²) in [6.07, 6.45) is 7.76. The number of hydrogen-bond donors (Lipinski definition) is 2. The minimum atomic E-state index is 0.129. The first-order valence-electron chi connectivity index (χ1n) is 6.74. The minimum absolute atomic E-state index is 0.129. The van der Waals surface area contributed by atoms with Crippen molar-refractivity contribution in [1.29, 1.82) is 0 Å². The van der Waals surface area contributed by atoms with Crippen molar-refractivity contribution in [3.63, 3.8) is 0 Å². The van der Waals surface area contributed by atoms with Crippen LogP contribution in [0.3, 0.4) is 0 Å². The van der Waals surface area contributed by atoms with E-state index < -0.39 is 0 Å². The number of rotatable bonds is 6. The lowest BCUT2D eigenvalue weighted by molar-refractivity contribution is -0.120. The molecule has 1 aliphatic rings. The molecule has 0 bridgehead atoms. The third kappa shape index (κ3) is 4.97. The van der Waals surface area contributed by atoms with Crippen LogP contribution in [0.25, 0.3) is 0 Å². The quantitative estimate of drug-likeness (QED) is 0.728. The highest BCUT2D eigenvalue weighted by Gasteiger charge is 2.19. The molecule has 0 heterocycles. The summed E-state index contributed by atoms with van der Waals surface area (Å²) in [6, 6.07) is 0.479. The Bertz CT molecular complexity index is 200. The molecule has 0 aromatic rings. The zero-order valence-corrected chi connectivity index (χ0v) is 10.7. The average molecular weight is 226 g/mol. The highest BCUT2D eigenvalue weighted by Crippen LogP contribution is 2.26. The molecule has 16 heavy (non-hydrogen) atoms. The molecular formula is C13H26N2O. The van der Waals surface area contributed by atoms with Gasteiger partial charge in [-0.3, -0.25) is 4.79 Å². The first kappa shape index (κ1) is 13.5. The van der Waals surface area contributed by atoms with Crippen molar-refractivity contribution in [3.05, 3.63) is 0 Å². The first-order chi connectivity index (χ1) is 7.74. The van der Waals surface area contributed by atoms with Crippen molar-refractivity contribution in [2.24, 2.45) is 5.92 Å². The van der Waals surface area contributed by atoms with E-state index in [0.29, 0.717) is 12.6 Å². The maximum absolute atomic E-state index is 11.4. The van der Waals surface area contributed by atoms with E-state index in [1.807, 2.05) is 0 Å². The van der Waals surface area contributed by atoms with Gasteiger partial charge in [0.15, 0.2) is 0 Å². The standard InChI is InChI=1S/C13H26N2O/c1-3-9-14-13(16)10-15-11(2)12-7-5-4-6-8-12/h11-12,15H,3-10H2,1-2H3,(H,14,16)/t11-/m0/s1. The fourth-order valence-corrected chi connectivity index (χ4v) is 2.38. The largest absolute Gasteiger partial charge is 0.355 e. The Balaban J connectivity index is 2.13. The third-order valence-corrected chi connectivity index (χ3v) is 3.51. The minimum Gasteiger partial charge on any atom is -0.355 e. The van der Waals surface area contributed by atoms with Gasteiger partial charge in [0.05, 0.1) is 6.54 Å². The lowest BCUT2D eigenvalue weighted by Gasteiger charge is -2.28. The summed E-state index contributed by atoms with van der Waals surface area (Å²) in [7, 11) is 0. The van der Waals surface area contributed by atoms with Gasteiger partial charge < -0.3 is 10.6 Å². The van der Waals surface area contributed by atoms with E-state index >= 15 is 0 Å². The SMILES string of the molecule is CCCNC(=O)CN[C@@H](C)C1CCCCC1. The second-order valence-electron chi connectivity index (χ2n) is 4.92. The Morgan fingerprint density at radius 1 is 1.31 bits per heavy atom. The summed E-state index contributed by atoms with van der Waals surface area (Å²) < 4.78 is 0. The summed E-state index contributed by atoms with van der Waals surface area (Å²) in [5, 5.41) is 6.24. The van der Waals surface area contributed by atoms with Crippen molar-refractivity contribution in [2.45, 2.75) is 58.4 Å². The molecule has 0 radical (unpaired) electrons. The van der Waals surface area contributed by atoms with Crippen molar-refractivity contribution in [3.8, 4) is 0 Å². The van der Waals surface area contributed by atoms with Crippen LogP contribution in [-0.2, 0) is 4.79 Å². The van der Waals surface area contributed by atoms with E-state index in [9.17, 15) is 4.79 Å². The maximum atomic E-state index is 11.4. The molecule has 3 nitrogen and oxygen atoms in total. The van der Waals surface area contributed by atoms with Crippen LogP contribution in [-0.4, -0.2) is 25.0 Å². The van der Waals surface area contributed by atoms with Crippen molar-refractivity contribution in [2.75, 3.05) is 13.1 Å². The van der Waals surface area contributed by atoms with Crippen molar-refractivity contribution >= 4 is 5.91 Å². The Kier molecular flexibility index (Phi) is 6.46. The molecule has 1 amide bonds. The molecular weight excluding hydrogens is 200 g/mol. The summed E-state index contributed by atoms with van der Waals surface area (Å²) in [5.41, 5.74) is 0. The van der Waals surface area contributed by atoms with E-state index in [2.05, 4.69) is 24.5 Å². The van der Waals surface area contributed by atoms with Gasteiger partial charge in [-0.2, -0.15) is 0 Å². The molecule has 0 unspecified atom stereocenters. The van der Waals surface area contributed by atoms with Gasteiger partial charge in [0.2, 0.25) is 5.91 Å². The second-order valence-corrected chi connectivity index (χ2v) is 4.92. The highest BCUT2D eigenvalue weighted by molar-refractivity contribution is 5.77. The summed E-state index contributed by atoms with van der Waals surface area (Å²) in [5.74, 6) is 0.900. The van der Waals surface area contributed by atoms with E-state index in [1.165, 1.54) is 32.1 Å². The van der Waals surface area contributed by atoms with Crippen LogP contribution in [0, 0.1) is 5.92 Å². The maximum Gasteiger partial charge on any atom is 0.233 e. The number of nitrogens with one attached hydrogen (secondary N) is 2. The summed E-state index contributed by atoms with van der Waals surface area (Å²) >= 11 is 0. The molecule has 0 aromatic heterocycles. The number of carbonyl (C=O) groups excluding carboxylic acids is 1. The Morgan fingerprint density at radius 2 is 2.00 bits per heavy atom. The van der Waals surface area contributed by atoms with Crippen LogP contribution in [0.1, 0.15) is 52.4 Å². The Labute approximate surface area is 99.4 Å². The molecule has 1 aliphatic carbocycles. The monoisotopic (exact) mass is 226 g/mol. The van der Waals surface area contributed by atoms with Crippen LogP contribution < -0.4 is 10.6 Å². The smallest absolute Gasteiger partial charge is 0.233 e. The van der Waals surface area contributed by atoms with Crippen LogP contribution in [0.15, 0.2) is 0 Å². The highest BCUT2D eigenvalue weighted by atomic mass is 16.1. The van der Waals surface area contributed by atoms with Gasteiger partial charge in [0.1, 0.15) is 0 Å². The topological polar surface area (TPSA) is 41.1 Å². The van der Waals surface area contributed by atoms with Gasteiger partial charge in [0.25, 0.3) is 0 Å². The second kappa shape index (κ2) is 7.66. The molecule has 0 saturated heterocycles. The fraction of sp³-hybridized carbons (Fsp3) is 0.923. The van der Waals surface area contributed by atoms with Gasteiger partial charge in [-0.05, 0) is 32.1 Å². The first-order valence-corrected chi connectivity index (χ1v) is 6.74.